The predicted octanol–water partition coefficient (Wildman–Crippen LogP) is 1.33. The van der Waals surface area contributed by atoms with Gasteiger partial charge in [-0.25, -0.2) is 0 Å². The summed E-state index contributed by atoms with van der Waals surface area (Å²) in [5.41, 5.74) is 7.24. The first-order valence-electron chi connectivity index (χ1n) is 11.1. The van der Waals surface area contributed by atoms with E-state index in [1.165, 1.54) is 31.5 Å². The Morgan fingerprint density at radius 2 is 1.76 bits per heavy atom. The van der Waals surface area contributed by atoms with Crippen LogP contribution in [-0.4, -0.2) is 87.9 Å². The molecule has 2 fully saturated rings. The second-order valence-electron chi connectivity index (χ2n) is 7.79. The highest BCUT2D eigenvalue weighted by Crippen LogP contribution is 2.13. The van der Waals surface area contributed by atoms with Crippen LogP contribution in [0.15, 0.2) is 29.3 Å². The van der Waals surface area contributed by atoms with Gasteiger partial charge in [0.15, 0.2) is 5.96 Å². The minimum atomic E-state index is 0.536. The second kappa shape index (κ2) is 12.7. The van der Waals surface area contributed by atoms with Gasteiger partial charge in [-0.1, -0.05) is 12.1 Å². The van der Waals surface area contributed by atoms with Crippen LogP contribution in [0.25, 0.3) is 0 Å². The third kappa shape index (κ3) is 8.60. The number of aliphatic imine (C=N–C) groups is 1. The van der Waals surface area contributed by atoms with Crippen molar-refractivity contribution in [1.82, 2.24) is 15.1 Å². The zero-order chi connectivity index (χ0) is 20.2. The molecule has 0 amide bonds. The quantitative estimate of drug-likeness (QED) is 0.330. The van der Waals surface area contributed by atoms with E-state index in [0.717, 1.165) is 77.7 Å². The normalized spacial score (nSPS) is 18.8. The Bertz CT molecular complexity index is 596. The third-order valence-electron chi connectivity index (χ3n) is 5.54. The lowest BCUT2D eigenvalue weighted by atomic mass is 10.1. The molecule has 7 heteroatoms. The lowest BCUT2D eigenvalue weighted by Crippen LogP contribution is -2.37. The summed E-state index contributed by atoms with van der Waals surface area (Å²) in [6.07, 6.45) is 4.60. The smallest absolute Gasteiger partial charge is 0.188 e. The fourth-order valence-corrected chi connectivity index (χ4v) is 3.76. The summed E-state index contributed by atoms with van der Waals surface area (Å²) in [5, 5.41) is 3.21. The molecule has 2 heterocycles. The molecule has 0 unspecified atom stereocenters. The van der Waals surface area contributed by atoms with Gasteiger partial charge in [0, 0.05) is 39.3 Å². The highest BCUT2D eigenvalue weighted by molar-refractivity contribution is 5.77. The van der Waals surface area contributed by atoms with Crippen molar-refractivity contribution in [2.24, 2.45) is 10.7 Å². The summed E-state index contributed by atoms with van der Waals surface area (Å²) in [7, 11) is 0. The Morgan fingerprint density at radius 3 is 2.52 bits per heavy atom. The number of nitrogens with two attached hydrogens (primary N) is 1. The summed E-state index contributed by atoms with van der Waals surface area (Å²) >= 11 is 0. The molecule has 2 aliphatic heterocycles. The maximum absolute atomic E-state index is 5.97. The first-order valence-corrected chi connectivity index (χ1v) is 11.1. The molecule has 0 bridgehead atoms. The number of guanidine groups is 1. The van der Waals surface area contributed by atoms with Gasteiger partial charge in [0.25, 0.3) is 0 Å². The lowest BCUT2D eigenvalue weighted by molar-refractivity contribution is 0.0377. The maximum atomic E-state index is 5.97. The van der Waals surface area contributed by atoms with E-state index in [9.17, 15) is 0 Å². The van der Waals surface area contributed by atoms with E-state index in [1.54, 1.807) is 0 Å². The highest BCUT2D eigenvalue weighted by atomic mass is 16.5. The number of likely N-dealkylation sites (tertiary alicyclic amines) is 1. The Morgan fingerprint density at radius 1 is 1.03 bits per heavy atom. The molecule has 0 saturated carbocycles. The molecule has 162 valence electrons. The minimum Gasteiger partial charge on any atom is -0.492 e. The van der Waals surface area contributed by atoms with Gasteiger partial charge in [-0.2, -0.15) is 0 Å². The molecule has 29 heavy (non-hydrogen) atoms. The van der Waals surface area contributed by atoms with E-state index in [1.807, 2.05) is 0 Å². The number of hydrogen-bond acceptors (Lipinski definition) is 5. The van der Waals surface area contributed by atoms with Crippen LogP contribution in [0, 0.1) is 0 Å². The van der Waals surface area contributed by atoms with Crippen LogP contribution in [0.4, 0.5) is 0 Å². The molecule has 0 aromatic heterocycles. The average Bonchev–Trinajstić information content (AvgIpc) is 3.27. The van der Waals surface area contributed by atoms with Crippen molar-refractivity contribution in [2.45, 2.75) is 25.7 Å². The van der Waals surface area contributed by atoms with Crippen molar-refractivity contribution < 1.29 is 9.47 Å². The van der Waals surface area contributed by atoms with Crippen LogP contribution in [0.2, 0.25) is 0 Å². The molecular formula is C22H37N5O2. The summed E-state index contributed by atoms with van der Waals surface area (Å²) in [4.78, 5) is 9.31. The van der Waals surface area contributed by atoms with Crippen molar-refractivity contribution in [3.63, 3.8) is 0 Å². The van der Waals surface area contributed by atoms with E-state index < -0.39 is 0 Å². The molecule has 1 aromatic carbocycles. The van der Waals surface area contributed by atoms with E-state index in [2.05, 4.69) is 44.4 Å². The van der Waals surface area contributed by atoms with E-state index in [0.29, 0.717) is 5.96 Å². The first-order chi connectivity index (χ1) is 14.3. The van der Waals surface area contributed by atoms with Crippen molar-refractivity contribution in [2.75, 3.05) is 72.2 Å². The van der Waals surface area contributed by atoms with Gasteiger partial charge in [0.1, 0.15) is 12.4 Å². The molecule has 0 radical (unpaired) electrons. The first kappa shape index (κ1) is 21.9. The molecule has 7 nitrogen and oxygen atoms in total. The van der Waals surface area contributed by atoms with Gasteiger partial charge in [0.05, 0.1) is 13.2 Å². The van der Waals surface area contributed by atoms with Gasteiger partial charge in [0.2, 0.25) is 0 Å². The lowest BCUT2D eigenvalue weighted by Gasteiger charge is -2.26. The van der Waals surface area contributed by atoms with E-state index in [4.69, 9.17) is 15.2 Å². The standard InChI is InChI=1S/C22H37N5O2/c23-22(24-9-3-13-27-14-17-28-18-15-27)25-10-8-20-4-6-21(7-5-20)29-19-16-26-11-1-2-12-26/h4-7H,1-3,8-19H2,(H3,23,24,25). The number of nitrogens with one attached hydrogen (secondary N) is 1. The number of nitrogens with zero attached hydrogens (tertiary/aromatic N) is 3. The van der Waals surface area contributed by atoms with Gasteiger partial charge in [-0.15, -0.1) is 0 Å². The second-order valence-corrected chi connectivity index (χ2v) is 7.79. The number of rotatable bonds is 11. The molecule has 0 aliphatic carbocycles. The molecule has 0 atom stereocenters. The van der Waals surface area contributed by atoms with Gasteiger partial charge in [-0.05, 0) is 56.5 Å². The molecule has 3 N–H and O–H groups in total. The zero-order valence-electron chi connectivity index (χ0n) is 17.7. The van der Waals surface area contributed by atoms with Crippen LogP contribution in [-0.2, 0) is 11.2 Å². The summed E-state index contributed by atoms with van der Waals surface area (Å²) in [6.45, 7) is 10.6. The number of hydrogen-bond donors (Lipinski definition) is 2. The van der Waals surface area contributed by atoms with Crippen LogP contribution in [0.5, 0.6) is 5.75 Å². The highest BCUT2D eigenvalue weighted by Gasteiger charge is 2.11. The van der Waals surface area contributed by atoms with Crippen molar-refractivity contribution in [3.8, 4) is 5.75 Å². The predicted molar refractivity (Wildman–Crippen MR) is 118 cm³/mol. The van der Waals surface area contributed by atoms with Crippen LogP contribution < -0.4 is 15.8 Å². The Labute approximate surface area is 175 Å². The van der Waals surface area contributed by atoms with Crippen molar-refractivity contribution >= 4 is 5.96 Å². The largest absolute Gasteiger partial charge is 0.492 e. The topological polar surface area (TPSA) is 75.3 Å². The average molecular weight is 404 g/mol. The van der Waals surface area contributed by atoms with Gasteiger partial charge >= 0.3 is 0 Å². The van der Waals surface area contributed by atoms with Gasteiger partial charge in [-0.3, -0.25) is 14.8 Å². The number of benzene rings is 1. The van der Waals surface area contributed by atoms with Crippen LogP contribution >= 0.6 is 0 Å². The fourth-order valence-electron chi connectivity index (χ4n) is 3.76. The SMILES string of the molecule is NC(=NCCCN1CCOCC1)NCCc1ccc(OCCN2CCCC2)cc1. The Hall–Kier alpha value is -1.83. The summed E-state index contributed by atoms with van der Waals surface area (Å²) in [5.74, 6) is 1.48. The van der Waals surface area contributed by atoms with Crippen LogP contribution in [0.1, 0.15) is 24.8 Å². The summed E-state index contributed by atoms with van der Waals surface area (Å²) in [6, 6.07) is 8.37. The Balaban J connectivity index is 1.24. The summed E-state index contributed by atoms with van der Waals surface area (Å²) < 4.78 is 11.2. The monoisotopic (exact) mass is 403 g/mol. The zero-order valence-corrected chi connectivity index (χ0v) is 17.7. The Kier molecular flexibility index (Phi) is 9.56. The van der Waals surface area contributed by atoms with Gasteiger partial charge < -0.3 is 20.5 Å². The van der Waals surface area contributed by atoms with E-state index >= 15 is 0 Å². The van der Waals surface area contributed by atoms with Crippen molar-refractivity contribution in [3.05, 3.63) is 29.8 Å². The molecule has 2 saturated heterocycles. The molecule has 3 rings (SSSR count). The molecule has 0 spiro atoms. The third-order valence-corrected chi connectivity index (χ3v) is 5.54. The molecule has 1 aromatic rings. The molecule has 2 aliphatic rings. The minimum absolute atomic E-state index is 0.536. The van der Waals surface area contributed by atoms with E-state index in [-0.39, 0.29) is 0 Å². The fraction of sp³-hybridized carbons (Fsp3) is 0.682. The van der Waals surface area contributed by atoms with Crippen LogP contribution in [0.3, 0.4) is 0 Å². The van der Waals surface area contributed by atoms with Crippen molar-refractivity contribution in [1.29, 1.82) is 0 Å². The molecular weight excluding hydrogens is 366 g/mol. The maximum Gasteiger partial charge on any atom is 0.188 e. The number of ether oxygens (including phenoxy) is 2. The number of morpholine rings is 1.